The van der Waals surface area contributed by atoms with E-state index in [0.717, 1.165) is 16.9 Å². The van der Waals surface area contributed by atoms with Crippen molar-refractivity contribution in [1.82, 2.24) is 19.7 Å². The first kappa shape index (κ1) is 19.2. The second-order valence-electron chi connectivity index (χ2n) is 7.32. The minimum atomic E-state index is -4.77. The molecule has 31 heavy (non-hydrogen) atoms. The van der Waals surface area contributed by atoms with Crippen LogP contribution in [0.25, 0.3) is 16.6 Å². The topological polar surface area (TPSA) is 63.2 Å². The summed E-state index contributed by atoms with van der Waals surface area (Å²) in [6.07, 6.45) is -2.35. The summed E-state index contributed by atoms with van der Waals surface area (Å²) >= 11 is 0. The molecule has 0 saturated heterocycles. The number of aromatic amines is 1. The van der Waals surface area contributed by atoms with Gasteiger partial charge in [0, 0.05) is 42.0 Å². The molecule has 0 aliphatic carbocycles. The number of carbonyl (C=O) groups is 1. The molecular formula is C22H17F3N4O2. The monoisotopic (exact) mass is 426 g/mol. The molecule has 1 N–H and O–H groups in total. The number of nitrogens with zero attached hydrogens (tertiary/aromatic N) is 3. The van der Waals surface area contributed by atoms with Crippen LogP contribution in [0.3, 0.4) is 0 Å². The molecule has 0 radical (unpaired) electrons. The fourth-order valence-corrected chi connectivity index (χ4v) is 3.89. The third-order valence-electron chi connectivity index (χ3n) is 5.28. The van der Waals surface area contributed by atoms with E-state index in [1.54, 1.807) is 17.2 Å². The fourth-order valence-electron chi connectivity index (χ4n) is 3.89. The maximum absolute atomic E-state index is 13.0. The number of benzene rings is 2. The van der Waals surface area contributed by atoms with Crippen molar-refractivity contribution in [3.05, 3.63) is 77.7 Å². The number of amides is 1. The van der Waals surface area contributed by atoms with Crippen LogP contribution < -0.4 is 4.74 Å². The highest BCUT2D eigenvalue weighted by atomic mass is 19.4. The van der Waals surface area contributed by atoms with Crippen molar-refractivity contribution in [2.45, 2.75) is 19.3 Å². The van der Waals surface area contributed by atoms with Gasteiger partial charge in [-0.25, -0.2) is 4.68 Å². The van der Waals surface area contributed by atoms with Gasteiger partial charge in [0.05, 0.1) is 17.6 Å². The molecule has 1 amide bonds. The zero-order valence-electron chi connectivity index (χ0n) is 16.2. The minimum Gasteiger partial charge on any atom is -0.406 e. The van der Waals surface area contributed by atoms with Crippen molar-refractivity contribution < 1.29 is 22.7 Å². The number of para-hydroxylation sites is 1. The van der Waals surface area contributed by atoms with E-state index in [9.17, 15) is 18.0 Å². The molecule has 5 rings (SSSR count). The van der Waals surface area contributed by atoms with Crippen LogP contribution in [-0.2, 0) is 13.0 Å². The molecule has 4 aromatic rings. The Bertz CT molecular complexity index is 1260. The molecule has 6 nitrogen and oxygen atoms in total. The molecule has 0 bridgehead atoms. The molecule has 3 heterocycles. The Morgan fingerprint density at radius 2 is 1.90 bits per heavy atom. The number of carbonyl (C=O) groups excluding carboxylic acids is 1. The summed E-state index contributed by atoms with van der Waals surface area (Å²) in [5, 5.41) is 5.11. The standard InChI is InChI=1S/C22H17F3N4O2/c23-22(24,25)31-17-7-6-14-10-19(27-18(14)11-17)21(30)28-9-8-20-15(13-28)12-26-29(20)16-4-2-1-3-5-16/h1-7,10-12,27H,8-9,13H2. The molecule has 0 atom stereocenters. The number of ether oxygens (including phenoxy) is 1. The summed E-state index contributed by atoms with van der Waals surface area (Å²) in [7, 11) is 0. The van der Waals surface area contributed by atoms with E-state index in [0.29, 0.717) is 36.1 Å². The Morgan fingerprint density at radius 3 is 2.68 bits per heavy atom. The average molecular weight is 426 g/mol. The zero-order chi connectivity index (χ0) is 21.6. The molecule has 0 spiro atoms. The number of fused-ring (bicyclic) bond motifs is 2. The summed E-state index contributed by atoms with van der Waals surface area (Å²) in [5.74, 6) is -0.551. The molecule has 0 saturated carbocycles. The number of hydrogen-bond donors (Lipinski definition) is 1. The largest absolute Gasteiger partial charge is 0.573 e. The smallest absolute Gasteiger partial charge is 0.406 e. The fraction of sp³-hybridized carbons (Fsp3) is 0.182. The molecule has 9 heteroatoms. The van der Waals surface area contributed by atoms with Crippen LogP contribution >= 0.6 is 0 Å². The molecule has 158 valence electrons. The van der Waals surface area contributed by atoms with E-state index in [4.69, 9.17) is 0 Å². The van der Waals surface area contributed by atoms with Gasteiger partial charge in [-0.2, -0.15) is 5.10 Å². The number of hydrogen-bond acceptors (Lipinski definition) is 3. The zero-order valence-corrected chi connectivity index (χ0v) is 16.2. The highest BCUT2D eigenvalue weighted by Crippen LogP contribution is 2.28. The highest BCUT2D eigenvalue weighted by Gasteiger charge is 2.31. The lowest BCUT2D eigenvalue weighted by Crippen LogP contribution is -2.36. The number of nitrogens with one attached hydrogen (secondary N) is 1. The number of H-pyrrole nitrogens is 1. The van der Waals surface area contributed by atoms with E-state index in [1.165, 1.54) is 18.2 Å². The highest BCUT2D eigenvalue weighted by molar-refractivity contribution is 5.98. The van der Waals surface area contributed by atoms with E-state index < -0.39 is 6.36 Å². The predicted octanol–water partition coefficient (Wildman–Crippen LogP) is 4.45. The third kappa shape index (κ3) is 3.74. The van der Waals surface area contributed by atoms with Crippen molar-refractivity contribution in [2.75, 3.05) is 6.54 Å². The van der Waals surface area contributed by atoms with Crippen LogP contribution in [0.15, 0.2) is 60.8 Å². The average Bonchev–Trinajstić information content (AvgIpc) is 3.36. The first-order chi connectivity index (χ1) is 14.9. The van der Waals surface area contributed by atoms with Gasteiger partial charge in [0.1, 0.15) is 11.4 Å². The molecule has 0 fully saturated rings. The van der Waals surface area contributed by atoms with Crippen LogP contribution in [0.1, 0.15) is 21.7 Å². The molecule has 1 aliphatic rings. The maximum Gasteiger partial charge on any atom is 0.573 e. The number of rotatable bonds is 3. The molecular weight excluding hydrogens is 409 g/mol. The molecule has 2 aromatic heterocycles. The Balaban J connectivity index is 1.37. The van der Waals surface area contributed by atoms with Crippen LogP contribution in [0, 0.1) is 0 Å². The van der Waals surface area contributed by atoms with Gasteiger partial charge in [-0.05, 0) is 30.3 Å². The lowest BCUT2D eigenvalue weighted by Gasteiger charge is -2.27. The van der Waals surface area contributed by atoms with Crippen molar-refractivity contribution in [1.29, 1.82) is 0 Å². The minimum absolute atomic E-state index is 0.215. The van der Waals surface area contributed by atoms with Gasteiger partial charge in [0.2, 0.25) is 0 Å². The van der Waals surface area contributed by atoms with Crippen LogP contribution in [0.4, 0.5) is 13.2 Å². The van der Waals surface area contributed by atoms with Crippen molar-refractivity contribution >= 4 is 16.8 Å². The Morgan fingerprint density at radius 1 is 1.10 bits per heavy atom. The molecule has 2 aromatic carbocycles. The lowest BCUT2D eigenvalue weighted by atomic mass is 10.1. The summed E-state index contributed by atoms with van der Waals surface area (Å²) in [4.78, 5) is 17.6. The molecule has 1 aliphatic heterocycles. The van der Waals surface area contributed by atoms with Crippen LogP contribution in [0.5, 0.6) is 5.75 Å². The third-order valence-corrected chi connectivity index (χ3v) is 5.28. The second kappa shape index (κ2) is 7.19. The van der Waals surface area contributed by atoms with E-state index in [1.807, 2.05) is 35.0 Å². The van der Waals surface area contributed by atoms with E-state index >= 15 is 0 Å². The Labute approximate surface area is 174 Å². The summed E-state index contributed by atoms with van der Waals surface area (Å²) in [6.45, 7) is 0.932. The second-order valence-corrected chi connectivity index (χ2v) is 7.32. The number of alkyl halides is 3. The van der Waals surface area contributed by atoms with Gasteiger partial charge in [0.15, 0.2) is 0 Å². The van der Waals surface area contributed by atoms with Gasteiger partial charge in [-0.1, -0.05) is 18.2 Å². The SMILES string of the molecule is O=C(c1cc2ccc(OC(F)(F)F)cc2[nH]1)N1CCc2c(cnn2-c2ccccc2)C1. The summed E-state index contributed by atoms with van der Waals surface area (Å²) < 4.78 is 43.2. The van der Waals surface area contributed by atoms with Gasteiger partial charge in [0.25, 0.3) is 5.91 Å². The predicted molar refractivity (Wildman–Crippen MR) is 107 cm³/mol. The molecule has 0 unspecified atom stereocenters. The first-order valence-corrected chi connectivity index (χ1v) is 9.66. The van der Waals surface area contributed by atoms with Crippen LogP contribution in [0.2, 0.25) is 0 Å². The van der Waals surface area contributed by atoms with Gasteiger partial charge in [-0.3, -0.25) is 4.79 Å². The number of aromatic nitrogens is 3. The van der Waals surface area contributed by atoms with Crippen molar-refractivity contribution in [3.8, 4) is 11.4 Å². The van der Waals surface area contributed by atoms with Crippen LogP contribution in [-0.4, -0.2) is 38.5 Å². The Hall–Kier alpha value is -3.75. The lowest BCUT2D eigenvalue weighted by molar-refractivity contribution is -0.274. The van der Waals surface area contributed by atoms with Crippen molar-refractivity contribution in [2.24, 2.45) is 0 Å². The van der Waals surface area contributed by atoms with Crippen molar-refractivity contribution in [3.63, 3.8) is 0 Å². The summed E-state index contributed by atoms with van der Waals surface area (Å²) in [5.41, 5.74) is 3.73. The first-order valence-electron chi connectivity index (χ1n) is 9.66. The summed E-state index contributed by atoms with van der Waals surface area (Å²) in [6, 6.07) is 15.4. The van der Waals surface area contributed by atoms with Gasteiger partial charge in [-0.15, -0.1) is 13.2 Å². The van der Waals surface area contributed by atoms with E-state index in [-0.39, 0.29) is 11.7 Å². The van der Waals surface area contributed by atoms with E-state index in [2.05, 4.69) is 14.8 Å². The normalized spacial score (nSPS) is 14.0. The quantitative estimate of drug-likeness (QED) is 0.527. The van der Waals surface area contributed by atoms with Gasteiger partial charge < -0.3 is 14.6 Å². The van der Waals surface area contributed by atoms with Gasteiger partial charge >= 0.3 is 6.36 Å². The Kier molecular flexibility index (Phi) is 4.46. The number of halogens is 3. The maximum atomic E-state index is 13.0.